The van der Waals surface area contributed by atoms with Gasteiger partial charge in [0.15, 0.2) is 5.78 Å². The molecule has 1 aliphatic carbocycles. The normalized spacial score (nSPS) is 13.3. The minimum absolute atomic E-state index is 0.106. The monoisotopic (exact) mass is 788 g/mol. The van der Waals surface area contributed by atoms with Crippen LogP contribution in [0.4, 0.5) is 14.5 Å². The van der Waals surface area contributed by atoms with Crippen molar-refractivity contribution in [2.45, 2.75) is 56.6 Å². The number of amides is 1. The van der Waals surface area contributed by atoms with Crippen molar-refractivity contribution in [3.63, 3.8) is 0 Å². The molecule has 0 spiro atoms. The number of anilines is 1. The number of benzene rings is 4. The summed E-state index contributed by atoms with van der Waals surface area (Å²) < 4.78 is 71.7. The zero-order valence-corrected chi connectivity index (χ0v) is 31.6. The summed E-state index contributed by atoms with van der Waals surface area (Å²) in [5, 5.41) is 2.55. The van der Waals surface area contributed by atoms with Crippen molar-refractivity contribution in [2.75, 3.05) is 11.8 Å². The van der Waals surface area contributed by atoms with Gasteiger partial charge in [0.2, 0.25) is 0 Å². The third-order valence-electron chi connectivity index (χ3n) is 9.23. The van der Waals surface area contributed by atoms with Gasteiger partial charge in [0, 0.05) is 25.5 Å². The van der Waals surface area contributed by atoms with Crippen LogP contribution in [0.3, 0.4) is 0 Å². The first-order valence-corrected chi connectivity index (χ1v) is 19.1. The first-order chi connectivity index (χ1) is 26.6. The number of rotatable bonds is 14. The van der Waals surface area contributed by atoms with E-state index in [0.29, 0.717) is 46.9 Å². The Morgan fingerprint density at radius 2 is 1.55 bits per heavy atom. The van der Waals surface area contributed by atoms with E-state index in [1.807, 2.05) is 0 Å². The summed E-state index contributed by atoms with van der Waals surface area (Å²) in [6.07, 6.45) is 1.52. The predicted octanol–water partition coefficient (Wildman–Crippen LogP) is 5.05. The highest BCUT2D eigenvalue weighted by Gasteiger charge is 2.29. The van der Waals surface area contributed by atoms with Gasteiger partial charge in [-0.1, -0.05) is 24.3 Å². The number of Topliss-reactive ketones (excluding diaryl/α,β-unsaturated/α-hetero) is 1. The van der Waals surface area contributed by atoms with Crippen molar-refractivity contribution in [3.8, 4) is 11.4 Å². The lowest BCUT2D eigenvalue weighted by molar-refractivity contribution is -0.149. The van der Waals surface area contributed by atoms with Crippen LogP contribution in [-0.4, -0.2) is 54.5 Å². The number of nitrogens with zero attached hydrogens (tertiary/aromatic N) is 2. The standard InChI is InChI=1S/C40H38F2N4O9S/c1-22(2)55-39(50)33(17-23-7-11-27(12-8-23)46-38(49)30-21-28(54-4)13-16-34(30)45(3)40(46)51)43-37(48)36-31(41)19-26(20-32(36)42)44-56(52,53)29-14-9-25(10-15-29)35(47)18-24-5-6-24/h7-16,19-22,24,33,44H,5-6,17-18H2,1-4H3,(H,43,48)/t33-/m0/s1. The second-order valence-corrected chi connectivity index (χ2v) is 15.4. The number of esters is 1. The van der Waals surface area contributed by atoms with Gasteiger partial charge in [-0.25, -0.2) is 31.4 Å². The fourth-order valence-electron chi connectivity index (χ4n) is 6.13. The number of halogens is 2. The van der Waals surface area contributed by atoms with Crippen molar-refractivity contribution in [3.05, 3.63) is 128 Å². The Labute approximate surface area is 319 Å². The average Bonchev–Trinajstić information content (AvgIpc) is 3.97. The largest absolute Gasteiger partial charge is 0.497 e. The van der Waals surface area contributed by atoms with Crippen molar-refractivity contribution in [2.24, 2.45) is 13.0 Å². The number of ketones is 1. The lowest BCUT2D eigenvalue weighted by Gasteiger charge is -2.20. The van der Waals surface area contributed by atoms with Gasteiger partial charge in [-0.3, -0.25) is 23.7 Å². The molecule has 4 aromatic carbocycles. The summed E-state index contributed by atoms with van der Waals surface area (Å²) >= 11 is 0. The Morgan fingerprint density at radius 3 is 2.14 bits per heavy atom. The summed E-state index contributed by atoms with van der Waals surface area (Å²) in [7, 11) is -1.38. The average molecular weight is 789 g/mol. The number of ether oxygens (including phenoxy) is 2. The maximum absolute atomic E-state index is 15.4. The van der Waals surface area contributed by atoms with Gasteiger partial charge in [-0.15, -0.1) is 0 Å². The lowest BCUT2D eigenvalue weighted by atomic mass is 10.0. The number of fused-ring (bicyclic) bond motifs is 1. The Morgan fingerprint density at radius 1 is 0.911 bits per heavy atom. The number of hydrogen-bond acceptors (Lipinski definition) is 9. The third kappa shape index (κ3) is 8.54. The molecule has 0 radical (unpaired) electrons. The Kier molecular flexibility index (Phi) is 11.2. The van der Waals surface area contributed by atoms with E-state index in [9.17, 15) is 32.4 Å². The number of nitrogens with one attached hydrogen (secondary N) is 2. The van der Waals surface area contributed by atoms with Gasteiger partial charge in [-0.2, -0.15) is 0 Å². The van der Waals surface area contributed by atoms with Gasteiger partial charge < -0.3 is 14.8 Å². The Balaban J connectivity index is 1.20. The highest BCUT2D eigenvalue weighted by Crippen LogP contribution is 2.33. The van der Waals surface area contributed by atoms with Gasteiger partial charge in [0.25, 0.3) is 21.5 Å². The van der Waals surface area contributed by atoms with Gasteiger partial charge in [-0.05, 0) is 92.8 Å². The predicted molar refractivity (Wildman–Crippen MR) is 203 cm³/mol. The molecule has 1 fully saturated rings. The summed E-state index contributed by atoms with van der Waals surface area (Å²) in [5.74, 6) is -4.39. The number of hydrogen-bond donors (Lipinski definition) is 2. The van der Waals surface area contributed by atoms with Crippen LogP contribution in [-0.2, 0) is 33.0 Å². The first kappa shape index (κ1) is 39.5. The molecule has 0 unspecified atom stereocenters. The molecule has 1 aromatic heterocycles. The van der Waals surface area contributed by atoms with E-state index in [-0.39, 0.29) is 28.2 Å². The van der Waals surface area contributed by atoms with Crippen LogP contribution in [0.25, 0.3) is 16.6 Å². The second kappa shape index (κ2) is 15.9. The number of carbonyl (C=O) groups excluding carboxylic acids is 3. The maximum atomic E-state index is 15.4. The topological polar surface area (TPSA) is 172 Å². The van der Waals surface area contributed by atoms with E-state index in [1.54, 1.807) is 26.0 Å². The number of sulfonamides is 1. The molecule has 2 N–H and O–H groups in total. The van der Waals surface area contributed by atoms with Crippen LogP contribution in [0, 0.1) is 17.6 Å². The molecule has 0 bridgehead atoms. The van der Waals surface area contributed by atoms with Crippen LogP contribution >= 0.6 is 0 Å². The molecule has 16 heteroatoms. The van der Waals surface area contributed by atoms with Crippen LogP contribution in [0.2, 0.25) is 0 Å². The molecule has 292 valence electrons. The molecule has 0 aliphatic heterocycles. The second-order valence-electron chi connectivity index (χ2n) is 13.8. The number of aryl methyl sites for hydroxylation is 1. The quantitative estimate of drug-likeness (QED) is 0.115. The molecule has 5 aromatic rings. The van der Waals surface area contributed by atoms with Crippen LogP contribution < -0.4 is 26.0 Å². The van der Waals surface area contributed by atoms with Crippen molar-refractivity contribution >= 4 is 44.3 Å². The summed E-state index contributed by atoms with van der Waals surface area (Å²) in [6, 6.07) is 15.7. The molecule has 1 atom stereocenters. The highest BCUT2D eigenvalue weighted by atomic mass is 32.2. The maximum Gasteiger partial charge on any atom is 0.335 e. The first-order valence-electron chi connectivity index (χ1n) is 17.6. The van der Waals surface area contributed by atoms with Gasteiger partial charge in [0.1, 0.15) is 29.0 Å². The number of aromatic nitrogens is 2. The minimum Gasteiger partial charge on any atom is -0.497 e. The number of methoxy groups -OCH3 is 1. The lowest BCUT2D eigenvalue weighted by Crippen LogP contribution is -2.44. The molecular formula is C40H38F2N4O9S. The van der Waals surface area contributed by atoms with E-state index in [4.69, 9.17) is 9.47 Å². The molecule has 1 saturated carbocycles. The summed E-state index contributed by atoms with van der Waals surface area (Å²) in [6.45, 7) is 3.15. The Bertz CT molecular complexity index is 2560. The molecular weight excluding hydrogens is 751 g/mol. The van der Waals surface area contributed by atoms with E-state index in [0.717, 1.165) is 17.4 Å². The fourth-order valence-corrected chi connectivity index (χ4v) is 7.17. The molecule has 1 aliphatic rings. The zero-order chi connectivity index (χ0) is 40.5. The summed E-state index contributed by atoms with van der Waals surface area (Å²) in [4.78, 5) is 65.2. The SMILES string of the molecule is COc1ccc2c(c1)c(=O)n(-c1ccc(C[C@H](NC(=O)c3c(F)cc(NS(=O)(=O)c4ccc(C(=O)CC5CC5)cc4)cc3F)C(=O)OC(C)C)cc1)c(=O)n2C. The third-order valence-corrected chi connectivity index (χ3v) is 10.6. The van der Waals surface area contributed by atoms with Gasteiger partial charge in [0.05, 0.1) is 40.4 Å². The van der Waals surface area contributed by atoms with E-state index < -0.39 is 68.2 Å². The Hall–Kier alpha value is -6.16. The van der Waals surface area contributed by atoms with Crippen LogP contribution in [0.5, 0.6) is 5.75 Å². The molecule has 0 saturated heterocycles. The van der Waals surface area contributed by atoms with Crippen LogP contribution in [0.1, 0.15) is 59.4 Å². The smallest absolute Gasteiger partial charge is 0.335 e. The number of carbonyl (C=O) groups is 3. The summed E-state index contributed by atoms with van der Waals surface area (Å²) in [5.41, 5.74) is -1.40. The van der Waals surface area contributed by atoms with Crippen molar-refractivity contribution in [1.82, 2.24) is 14.5 Å². The van der Waals surface area contributed by atoms with Crippen molar-refractivity contribution < 1.29 is 41.1 Å². The molecule has 1 heterocycles. The van der Waals surface area contributed by atoms with E-state index >= 15 is 8.78 Å². The molecule has 56 heavy (non-hydrogen) atoms. The van der Waals surface area contributed by atoms with Gasteiger partial charge >= 0.3 is 11.7 Å². The molecule has 1 amide bonds. The molecule has 13 nitrogen and oxygen atoms in total. The van der Waals surface area contributed by atoms with E-state index in [2.05, 4.69) is 10.0 Å². The fraction of sp³-hybridized carbons (Fsp3) is 0.275. The minimum atomic E-state index is -4.35. The molecule has 6 rings (SSSR count). The van der Waals surface area contributed by atoms with E-state index in [1.165, 1.54) is 73.3 Å². The van der Waals surface area contributed by atoms with Crippen LogP contribution in [0.15, 0.2) is 93.3 Å². The van der Waals surface area contributed by atoms with Crippen molar-refractivity contribution in [1.29, 1.82) is 0 Å². The highest BCUT2D eigenvalue weighted by molar-refractivity contribution is 7.92. The zero-order valence-electron chi connectivity index (χ0n) is 30.8.